The predicted molar refractivity (Wildman–Crippen MR) is 72.3 cm³/mol. The monoisotopic (exact) mass is 279 g/mol. The van der Waals surface area contributed by atoms with Crippen molar-refractivity contribution in [2.24, 2.45) is 0 Å². The summed E-state index contributed by atoms with van der Waals surface area (Å²) >= 11 is 0. The van der Waals surface area contributed by atoms with Crippen molar-refractivity contribution in [1.82, 2.24) is 5.32 Å². The lowest BCUT2D eigenvalue weighted by Gasteiger charge is -2.20. The highest BCUT2D eigenvalue weighted by Gasteiger charge is 2.16. The second-order valence-corrected chi connectivity index (χ2v) is 4.69. The fourth-order valence-corrected chi connectivity index (χ4v) is 1.92. The summed E-state index contributed by atoms with van der Waals surface area (Å²) in [5.74, 6) is 0.870. The summed E-state index contributed by atoms with van der Waals surface area (Å²) in [6.45, 7) is 2.15. The summed E-state index contributed by atoms with van der Waals surface area (Å²) in [5.41, 5.74) is 0.655. The third kappa shape index (κ3) is 3.66. The number of nitrogens with one attached hydrogen (secondary N) is 1. The van der Waals surface area contributed by atoms with Crippen molar-refractivity contribution < 1.29 is 19.0 Å². The molecule has 0 bridgehead atoms. The van der Waals surface area contributed by atoms with Gasteiger partial charge in [-0.15, -0.1) is 0 Å². The lowest BCUT2D eigenvalue weighted by molar-refractivity contribution is 0.133. The van der Waals surface area contributed by atoms with E-state index < -0.39 is 6.10 Å². The Bertz CT molecular complexity index is 538. The molecular weight excluding hydrogens is 261 g/mol. The van der Waals surface area contributed by atoms with E-state index in [1.54, 1.807) is 24.3 Å². The zero-order valence-electron chi connectivity index (χ0n) is 11.2. The molecule has 3 N–H and O–H groups in total. The SMILES string of the molecule is CC(NCc1ccc(CO)o1)C(O)c1ccc(F)cc1. The molecule has 0 aliphatic heterocycles. The molecule has 2 unspecified atom stereocenters. The number of aliphatic hydroxyl groups is 2. The molecule has 5 heteroatoms. The molecule has 2 atom stereocenters. The number of benzene rings is 1. The van der Waals surface area contributed by atoms with Crippen LogP contribution in [0.25, 0.3) is 0 Å². The van der Waals surface area contributed by atoms with Crippen LogP contribution in [0.2, 0.25) is 0 Å². The third-order valence-electron chi connectivity index (χ3n) is 3.16. The highest BCUT2D eigenvalue weighted by molar-refractivity contribution is 5.19. The first-order valence-corrected chi connectivity index (χ1v) is 6.45. The van der Waals surface area contributed by atoms with Crippen molar-refractivity contribution >= 4 is 0 Å². The maximum Gasteiger partial charge on any atom is 0.129 e. The van der Waals surface area contributed by atoms with Crippen LogP contribution in [0.3, 0.4) is 0 Å². The van der Waals surface area contributed by atoms with Crippen LogP contribution in [0, 0.1) is 5.82 Å². The van der Waals surface area contributed by atoms with E-state index in [4.69, 9.17) is 9.52 Å². The maximum absolute atomic E-state index is 12.8. The molecule has 108 valence electrons. The largest absolute Gasteiger partial charge is 0.462 e. The minimum atomic E-state index is -0.733. The zero-order chi connectivity index (χ0) is 14.5. The van der Waals surface area contributed by atoms with Gasteiger partial charge in [-0.3, -0.25) is 0 Å². The van der Waals surface area contributed by atoms with E-state index in [-0.39, 0.29) is 18.5 Å². The fraction of sp³-hybridized carbons (Fsp3) is 0.333. The molecule has 1 heterocycles. The minimum absolute atomic E-state index is 0.131. The van der Waals surface area contributed by atoms with Crippen molar-refractivity contribution in [3.8, 4) is 0 Å². The van der Waals surface area contributed by atoms with E-state index in [1.807, 2.05) is 6.92 Å². The molecule has 2 aromatic rings. The van der Waals surface area contributed by atoms with Gasteiger partial charge in [0.05, 0.1) is 12.6 Å². The highest BCUT2D eigenvalue weighted by Crippen LogP contribution is 2.17. The van der Waals surface area contributed by atoms with Crippen molar-refractivity contribution in [2.45, 2.75) is 32.2 Å². The van der Waals surface area contributed by atoms with Gasteiger partial charge in [0.1, 0.15) is 23.9 Å². The smallest absolute Gasteiger partial charge is 0.129 e. The fourth-order valence-electron chi connectivity index (χ4n) is 1.92. The van der Waals surface area contributed by atoms with E-state index in [9.17, 15) is 9.50 Å². The Kier molecular flexibility index (Phi) is 4.89. The summed E-state index contributed by atoms with van der Waals surface area (Å²) in [7, 11) is 0. The molecule has 0 spiro atoms. The molecule has 1 aromatic carbocycles. The van der Waals surface area contributed by atoms with Crippen LogP contribution >= 0.6 is 0 Å². The van der Waals surface area contributed by atoms with Gasteiger partial charge >= 0.3 is 0 Å². The van der Waals surface area contributed by atoms with Gasteiger partial charge in [0.2, 0.25) is 0 Å². The van der Waals surface area contributed by atoms with Gasteiger partial charge in [0, 0.05) is 6.04 Å². The Morgan fingerprint density at radius 2 is 1.80 bits per heavy atom. The van der Waals surface area contributed by atoms with Gasteiger partial charge in [-0.1, -0.05) is 12.1 Å². The molecule has 20 heavy (non-hydrogen) atoms. The standard InChI is InChI=1S/C15H18FNO3/c1-10(15(19)11-2-4-12(16)5-3-11)17-8-13-6-7-14(9-18)20-13/h2-7,10,15,17-19H,8-9H2,1H3. The van der Waals surface area contributed by atoms with Crippen LogP contribution < -0.4 is 5.32 Å². The maximum atomic E-state index is 12.8. The van der Waals surface area contributed by atoms with E-state index in [2.05, 4.69) is 5.32 Å². The molecule has 0 aliphatic carbocycles. The Hall–Kier alpha value is -1.69. The molecule has 0 radical (unpaired) electrons. The van der Waals surface area contributed by atoms with Crippen molar-refractivity contribution in [3.63, 3.8) is 0 Å². The molecular formula is C15H18FNO3. The average Bonchev–Trinajstić information content (AvgIpc) is 2.93. The number of halogens is 1. The normalized spacial score (nSPS) is 14.2. The molecule has 1 aromatic heterocycles. The predicted octanol–water partition coefficient (Wildman–Crippen LogP) is 2.12. The average molecular weight is 279 g/mol. The quantitative estimate of drug-likeness (QED) is 0.758. The molecule has 0 saturated carbocycles. The molecule has 2 rings (SSSR count). The van der Waals surface area contributed by atoms with Gasteiger partial charge in [0.15, 0.2) is 0 Å². The van der Waals surface area contributed by atoms with E-state index in [0.717, 1.165) is 0 Å². The van der Waals surface area contributed by atoms with Crippen LogP contribution in [-0.4, -0.2) is 16.3 Å². The van der Waals surface area contributed by atoms with Gasteiger partial charge < -0.3 is 19.9 Å². The first kappa shape index (κ1) is 14.7. The first-order valence-electron chi connectivity index (χ1n) is 6.45. The minimum Gasteiger partial charge on any atom is -0.462 e. The van der Waals surface area contributed by atoms with E-state index >= 15 is 0 Å². The zero-order valence-corrected chi connectivity index (χ0v) is 11.2. The lowest BCUT2D eigenvalue weighted by Crippen LogP contribution is -2.31. The Balaban J connectivity index is 1.90. The summed E-state index contributed by atoms with van der Waals surface area (Å²) in [4.78, 5) is 0. The topological polar surface area (TPSA) is 65.6 Å². The summed E-state index contributed by atoms with van der Waals surface area (Å²) < 4.78 is 18.2. The third-order valence-corrected chi connectivity index (χ3v) is 3.16. The van der Waals surface area contributed by atoms with Crippen molar-refractivity contribution in [2.75, 3.05) is 0 Å². The molecule has 0 saturated heterocycles. The Morgan fingerprint density at radius 3 is 2.40 bits per heavy atom. The number of hydrogen-bond donors (Lipinski definition) is 3. The van der Waals surface area contributed by atoms with Crippen molar-refractivity contribution in [1.29, 1.82) is 0 Å². The highest BCUT2D eigenvalue weighted by atomic mass is 19.1. The van der Waals surface area contributed by atoms with Gasteiger partial charge in [-0.25, -0.2) is 4.39 Å². The molecule has 4 nitrogen and oxygen atoms in total. The molecule has 0 aliphatic rings. The van der Waals surface area contributed by atoms with E-state index in [0.29, 0.717) is 23.6 Å². The van der Waals surface area contributed by atoms with Gasteiger partial charge in [-0.05, 0) is 36.8 Å². The number of aliphatic hydroxyl groups excluding tert-OH is 2. The summed E-state index contributed by atoms with van der Waals surface area (Å²) in [6.07, 6.45) is -0.733. The van der Waals surface area contributed by atoms with Crippen LogP contribution in [-0.2, 0) is 13.2 Å². The second-order valence-electron chi connectivity index (χ2n) is 4.69. The lowest BCUT2D eigenvalue weighted by atomic mass is 10.0. The van der Waals surface area contributed by atoms with E-state index in [1.165, 1.54) is 12.1 Å². The first-order chi connectivity index (χ1) is 9.60. The molecule has 0 amide bonds. The Morgan fingerprint density at radius 1 is 1.15 bits per heavy atom. The number of rotatable bonds is 6. The Labute approximate surface area is 116 Å². The van der Waals surface area contributed by atoms with Gasteiger partial charge in [-0.2, -0.15) is 0 Å². The van der Waals surface area contributed by atoms with Crippen LogP contribution in [0.15, 0.2) is 40.8 Å². The van der Waals surface area contributed by atoms with Crippen molar-refractivity contribution in [3.05, 3.63) is 59.3 Å². The number of hydrogen-bond acceptors (Lipinski definition) is 4. The van der Waals surface area contributed by atoms with Crippen LogP contribution in [0.4, 0.5) is 4.39 Å². The van der Waals surface area contributed by atoms with Crippen LogP contribution in [0.5, 0.6) is 0 Å². The molecule has 0 fully saturated rings. The summed E-state index contributed by atoms with van der Waals surface area (Å²) in [5, 5.41) is 22.2. The number of furan rings is 1. The summed E-state index contributed by atoms with van der Waals surface area (Å²) in [6, 6.07) is 9.04. The van der Waals surface area contributed by atoms with Crippen LogP contribution in [0.1, 0.15) is 30.1 Å². The van der Waals surface area contributed by atoms with Gasteiger partial charge in [0.25, 0.3) is 0 Å². The second kappa shape index (κ2) is 6.65.